The number of carbonyl (C=O) groups excluding carboxylic acids is 2. The minimum Gasteiger partial charge on any atom is -0.487 e. The number of aliphatic hydroxyl groups is 2. The summed E-state index contributed by atoms with van der Waals surface area (Å²) < 4.78 is 6.15. The van der Waals surface area contributed by atoms with E-state index in [1.807, 2.05) is 19.9 Å². The summed E-state index contributed by atoms with van der Waals surface area (Å²) in [4.78, 5) is 36.6. The lowest BCUT2D eigenvalue weighted by atomic mass is 9.85. The standard InChI is InChI=1S/C27H34N10O5/c1-13-7-8-16(36-35-13)22(39)30-11-17-20-26(34-23(28)33-20)27(40,41)18(12-37(26)24(29)31-17)32-21(38)15-6-4-5-14-9-10-25(2,3)42-19(14)15/h4-8,17-18,20,40-41H,9-12H2,1-3H3,(H2,29,31)(H,30,39)(H,32,38)(H3,28,33,34)/t17-,18?,20-,26-/m0/s1. The second-order valence-electron chi connectivity index (χ2n) is 11.7. The second-order valence-corrected chi connectivity index (χ2v) is 11.7. The van der Waals surface area contributed by atoms with Crippen molar-refractivity contribution in [2.45, 2.75) is 68.8 Å². The van der Waals surface area contributed by atoms with E-state index in [2.05, 4.69) is 36.1 Å². The Kier molecular flexibility index (Phi) is 6.27. The fourth-order valence-electron chi connectivity index (χ4n) is 6.14. The number of ether oxygens (including phenoxy) is 1. The third kappa shape index (κ3) is 4.27. The van der Waals surface area contributed by atoms with Crippen LogP contribution in [0.25, 0.3) is 0 Å². The zero-order valence-corrected chi connectivity index (χ0v) is 23.5. The molecule has 6 rings (SSSR count). The van der Waals surface area contributed by atoms with Crippen LogP contribution in [0.15, 0.2) is 40.3 Å². The van der Waals surface area contributed by atoms with Gasteiger partial charge in [0.15, 0.2) is 23.3 Å². The largest absolute Gasteiger partial charge is 0.487 e. The van der Waals surface area contributed by atoms with Crippen LogP contribution in [0, 0.1) is 6.92 Å². The predicted octanol–water partition coefficient (Wildman–Crippen LogP) is -1.91. The number of rotatable bonds is 5. The van der Waals surface area contributed by atoms with E-state index in [-0.39, 0.29) is 36.3 Å². The number of aryl methyl sites for hydroxylation is 2. The molecular weight excluding hydrogens is 544 g/mol. The lowest BCUT2D eigenvalue weighted by Crippen LogP contribution is -2.78. The first kappa shape index (κ1) is 27.7. The highest BCUT2D eigenvalue weighted by Crippen LogP contribution is 2.45. The SMILES string of the molecule is Cc1ccc(C(=O)NC[C@@H]2N=C(N)N3CC(NC(=O)c4cccc5c4OC(C)(C)CC5)C(O)(O)[C@@]34NC(N)=N[C@@H]24)nn1. The van der Waals surface area contributed by atoms with Crippen LogP contribution in [0.1, 0.15) is 52.4 Å². The number of para-hydroxylation sites is 1. The first-order valence-electron chi connectivity index (χ1n) is 13.7. The van der Waals surface area contributed by atoms with Crippen LogP contribution < -0.4 is 32.2 Å². The van der Waals surface area contributed by atoms with Crippen LogP contribution in [0.2, 0.25) is 0 Å². The predicted molar refractivity (Wildman–Crippen MR) is 150 cm³/mol. The lowest BCUT2D eigenvalue weighted by Gasteiger charge is -2.49. The molecule has 4 atom stereocenters. The highest BCUT2D eigenvalue weighted by molar-refractivity contribution is 5.98. The fourth-order valence-corrected chi connectivity index (χ4v) is 6.14. The quantitative estimate of drug-likeness (QED) is 0.194. The molecule has 15 nitrogen and oxygen atoms in total. The molecule has 1 fully saturated rings. The van der Waals surface area contributed by atoms with Crippen molar-refractivity contribution in [3.63, 3.8) is 0 Å². The van der Waals surface area contributed by atoms with Gasteiger partial charge in [-0.3, -0.25) is 9.59 Å². The maximum Gasteiger partial charge on any atom is 0.271 e. The van der Waals surface area contributed by atoms with Crippen molar-refractivity contribution in [3.05, 3.63) is 52.8 Å². The van der Waals surface area contributed by atoms with Crippen molar-refractivity contribution >= 4 is 23.7 Å². The number of guanidine groups is 2. The zero-order valence-electron chi connectivity index (χ0n) is 23.5. The van der Waals surface area contributed by atoms with Crippen molar-refractivity contribution in [2.75, 3.05) is 13.1 Å². The molecule has 15 heteroatoms. The number of aromatic nitrogens is 2. The minimum absolute atomic E-state index is 0.0376. The third-order valence-corrected chi connectivity index (χ3v) is 8.33. The summed E-state index contributed by atoms with van der Waals surface area (Å²) in [6.07, 6.45) is 1.55. The van der Waals surface area contributed by atoms with E-state index in [1.165, 1.54) is 4.90 Å². The smallest absolute Gasteiger partial charge is 0.271 e. The highest BCUT2D eigenvalue weighted by Gasteiger charge is 2.73. The average Bonchev–Trinajstić information content (AvgIpc) is 3.40. The Bertz CT molecular complexity index is 1510. The van der Waals surface area contributed by atoms with Crippen LogP contribution in [0.4, 0.5) is 0 Å². The van der Waals surface area contributed by atoms with Crippen LogP contribution in [0.5, 0.6) is 5.75 Å². The van der Waals surface area contributed by atoms with E-state index in [0.29, 0.717) is 11.4 Å². The van der Waals surface area contributed by atoms with Gasteiger partial charge in [-0.2, -0.15) is 5.10 Å². The second kappa shape index (κ2) is 9.52. The summed E-state index contributed by atoms with van der Waals surface area (Å²) in [5.41, 5.74) is 12.1. The molecule has 5 heterocycles. The maximum atomic E-state index is 13.6. The molecule has 4 aliphatic rings. The van der Waals surface area contributed by atoms with E-state index >= 15 is 0 Å². The van der Waals surface area contributed by atoms with Crippen molar-refractivity contribution < 1.29 is 24.5 Å². The number of carbonyl (C=O) groups is 2. The molecule has 1 unspecified atom stereocenters. The molecule has 2 amide bonds. The third-order valence-electron chi connectivity index (χ3n) is 8.33. The Labute approximate surface area is 241 Å². The Hall–Kier alpha value is -4.50. The molecule has 1 aromatic carbocycles. The molecule has 222 valence electrons. The zero-order chi connectivity index (χ0) is 30.0. The van der Waals surface area contributed by atoms with Gasteiger partial charge in [-0.25, -0.2) is 9.98 Å². The van der Waals surface area contributed by atoms with Gasteiger partial charge in [-0.1, -0.05) is 12.1 Å². The van der Waals surface area contributed by atoms with Crippen molar-refractivity contribution in [1.82, 2.24) is 31.0 Å². The molecule has 0 radical (unpaired) electrons. The van der Waals surface area contributed by atoms with Crippen molar-refractivity contribution in [3.8, 4) is 5.75 Å². The van der Waals surface area contributed by atoms with Crippen LogP contribution in [-0.2, 0) is 6.42 Å². The number of hydrogen-bond donors (Lipinski definition) is 7. The molecule has 0 bridgehead atoms. The van der Waals surface area contributed by atoms with E-state index in [0.717, 1.165) is 18.4 Å². The van der Waals surface area contributed by atoms with Gasteiger partial charge in [0.25, 0.3) is 11.8 Å². The molecular formula is C27H34N10O5. The Balaban J connectivity index is 1.25. The van der Waals surface area contributed by atoms with Gasteiger partial charge in [-0.05, 0) is 57.4 Å². The minimum atomic E-state index is -2.63. The van der Waals surface area contributed by atoms with Gasteiger partial charge in [0.2, 0.25) is 5.79 Å². The highest BCUT2D eigenvalue weighted by atomic mass is 16.5. The van der Waals surface area contributed by atoms with Gasteiger partial charge in [0, 0.05) is 13.1 Å². The van der Waals surface area contributed by atoms with Gasteiger partial charge in [-0.15, -0.1) is 5.10 Å². The first-order valence-corrected chi connectivity index (χ1v) is 13.7. The number of amides is 2. The average molecular weight is 579 g/mol. The summed E-state index contributed by atoms with van der Waals surface area (Å²) in [5.74, 6) is -3.30. The molecule has 2 aromatic rings. The molecule has 42 heavy (non-hydrogen) atoms. The number of nitrogens with two attached hydrogens (primary N) is 2. The summed E-state index contributed by atoms with van der Waals surface area (Å²) in [6.45, 7) is 5.49. The summed E-state index contributed by atoms with van der Waals surface area (Å²) >= 11 is 0. The number of nitrogens with one attached hydrogen (secondary N) is 3. The van der Waals surface area contributed by atoms with Crippen molar-refractivity contribution in [1.29, 1.82) is 0 Å². The van der Waals surface area contributed by atoms with Crippen molar-refractivity contribution in [2.24, 2.45) is 21.5 Å². The molecule has 1 saturated heterocycles. The van der Waals surface area contributed by atoms with E-state index < -0.39 is 47.0 Å². The molecule has 9 N–H and O–H groups in total. The fraction of sp³-hybridized carbons (Fsp3) is 0.481. The summed E-state index contributed by atoms with van der Waals surface area (Å²) in [5, 5.41) is 39.6. The number of nitrogens with zero attached hydrogens (tertiary/aromatic N) is 5. The van der Waals surface area contributed by atoms with E-state index in [4.69, 9.17) is 16.2 Å². The molecule has 4 aliphatic heterocycles. The van der Waals surface area contributed by atoms with E-state index in [1.54, 1.807) is 31.2 Å². The van der Waals surface area contributed by atoms with Gasteiger partial charge >= 0.3 is 0 Å². The molecule has 0 saturated carbocycles. The molecule has 1 aromatic heterocycles. The molecule has 0 aliphatic carbocycles. The van der Waals surface area contributed by atoms with Crippen LogP contribution >= 0.6 is 0 Å². The maximum absolute atomic E-state index is 13.6. The molecule has 1 spiro atoms. The number of aliphatic imine (C=N–C) groups is 2. The number of fused-ring (bicyclic) bond motifs is 1. The monoisotopic (exact) mass is 578 g/mol. The number of benzene rings is 1. The van der Waals surface area contributed by atoms with E-state index in [9.17, 15) is 19.8 Å². The topological polar surface area (TPSA) is 226 Å². The Morgan fingerprint density at radius 2 is 1.93 bits per heavy atom. The Morgan fingerprint density at radius 3 is 2.67 bits per heavy atom. The Morgan fingerprint density at radius 1 is 1.14 bits per heavy atom. The normalized spacial score (nSPS) is 28.2. The van der Waals surface area contributed by atoms with Gasteiger partial charge in [0.05, 0.1) is 17.3 Å². The van der Waals surface area contributed by atoms with Crippen LogP contribution in [-0.4, -0.2) is 97.3 Å². The summed E-state index contributed by atoms with van der Waals surface area (Å²) in [6, 6.07) is 5.46. The van der Waals surface area contributed by atoms with Gasteiger partial charge in [0.1, 0.15) is 23.4 Å². The van der Waals surface area contributed by atoms with Gasteiger partial charge < -0.3 is 47.3 Å². The van der Waals surface area contributed by atoms with Crippen LogP contribution in [0.3, 0.4) is 0 Å². The number of hydrogen-bond acceptors (Lipinski definition) is 13. The lowest BCUT2D eigenvalue weighted by molar-refractivity contribution is -0.230. The summed E-state index contributed by atoms with van der Waals surface area (Å²) in [7, 11) is 0. The first-order chi connectivity index (χ1) is 19.8.